The third-order valence-corrected chi connectivity index (χ3v) is 7.52. The van der Waals surface area contributed by atoms with Gasteiger partial charge in [-0.05, 0) is 46.9 Å². The molecule has 0 radical (unpaired) electrons. The molecule has 1 aliphatic carbocycles. The minimum atomic E-state index is 0.389. The molecule has 0 unspecified atom stereocenters. The highest BCUT2D eigenvalue weighted by molar-refractivity contribution is 7.12. The van der Waals surface area contributed by atoms with Crippen molar-refractivity contribution < 1.29 is 0 Å². The average Bonchev–Trinajstić information content (AvgIpc) is 3.37. The molecule has 4 aromatic rings. The molecule has 3 heteroatoms. The van der Waals surface area contributed by atoms with Gasteiger partial charge in [-0.15, -0.1) is 11.3 Å². The Bertz CT molecular complexity index is 1360. The van der Waals surface area contributed by atoms with Crippen LogP contribution in [0.4, 0.5) is 5.69 Å². The van der Waals surface area contributed by atoms with Crippen molar-refractivity contribution in [3.05, 3.63) is 111 Å². The summed E-state index contributed by atoms with van der Waals surface area (Å²) in [6.45, 7) is 8.98. The fourth-order valence-electron chi connectivity index (χ4n) is 4.81. The third-order valence-electron chi connectivity index (χ3n) is 6.67. The van der Waals surface area contributed by atoms with Gasteiger partial charge in [0.25, 0.3) is 0 Å². The highest BCUT2D eigenvalue weighted by Crippen LogP contribution is 2.37. The van der Waals surface area contributed by atoms with E-state index in [4.69, 9.17) is 9.98 Å². The van der Waals surface area contributed by atoms with Gasteiger partial charge in [0.05, 0.1) is 11.4 Å². The summed E-state index contributed by atoms with van der Waals surface area (Å²) < 4.78 is 0. The van der Waals surface area contributed by atoms with Crippen LogP contribution in [0.2, 0.25) is 0 Å². The number of fused-ring (bicyclic) bond motifs is 1. The van der Waals surface area contributed by atoms with Crippen molar-refractivity contribution in [2.24, 2.45) is 4.99 Å². The fourth-order valence-corrected chi connectivity index (χ4v) is 5.64. The lowest BCUT2D eigenvalue weighted by Crippen LogP contribution is -2.05. The Morgan fingerprint density at radius 1 is 0.857 bits per heavy atom. The summed E-state index contributed by atoms with van der Waals surface area (Å²) in [5.41, 5.74) is 10.7. The second-order valence-electron chi connectivity index (χ2n) is 9.77. The predicted molar refractivity (Wildman–Crippen MR) is 151 cm³/mol. The first-order valence-electron chi connectivity index (χ1n) is 12.5. The van der Waals surface area contributed by atoms with Crippen LogP contribution < -0.4 is 0 Å². The van der Waals surface area contributed by atoms with Gasteiger partial charge < -0.3 is 0 Å². The number of allylic oxidation sites excluding steroid dienone is 1. The van der Waals surface area contributed by atoms with Crippen molar-refractivity contribution in [1.29, 1.82) is 0 Å². The Morgan fingerprint density at radius 2 is 1.57 bits per heavy atom. The highest BCUT2D eigenvalue weighted by Gasteiger charge is 2.19. The third kappa shape index (κ3) is 4.78. The van der Waals surface area contributed by atoms with Gasteiger partial charge in [-0.2, -0.15) is 0 Å². The predicted octanol–water partition coefficient (Wildman–Crippen LogP) is 9.19. The Morgan fingerprint density at radius 3 is 2.29 bits per heavy atom. The van der Waals surface area contributed by atoms with Gasteiger partial charge in [-0.3, -0.25) is 0 Å². The first-order valence-corrected chi connectivity index (χ1v) is 13.4. The molecule has 3 aromatic carbocycles. The minimum Gasteiger partial charge on any atom is -0.245 e. The fraction of sp³-hybridized carbons (Fsp3) is 0.250. The first kappa shape index (κ1) is 23.4. The van der Waals surface area contributed by atoms with E-state index in [0.29, 0.717) is 11.8 Å². The zero-order valence-electron chi connectivity index (χ0n) is 21.0. The van der Waals surface area contributed by atoms with Crippen molar-refractivity contribution in [2.75, 3.05) is 0 Å². The summed E-state index contributed by atoms with van der Waals surface area (Å²) in [4.78, 5) is 10.6. The molecule has 1 heterocycles. The van der Waals surface area contributed by atoms with Gasteiger partial charge in [0.2, 0.25) is 0 Å². The van der Waals surface area contributed by atoms with Crippen LogP contribution in [-0.4, -0.2) is 10.7 Å². The highest BCUT2D eigenvalue weighted by atomic mass is 32.1. The summed E-state index contributed by atoms with van der Waals surface area (Å²) in [5, 5.41) is 3.16. The van der Waals surface area contributed by atoms with E-state index in [9.17, 15) is 0 Å². The molecule has 2 nitrogen and oxygen atoms in total. The van der Waals surface area contributed by atoms with Crippen LogP contribution in [0.15, 0.2) is 83.2 Å². The normalized spacial score (nSPS) is 13.5. The smallest absolute Gasteiger partial charge is 0.143 e. The van der Waals surface area contributed by atoms with Crippen molar-refractivity contribution >= 4 is 28.8 Å². The lowest BCUT2D eigenvalue weighted by Gasteiger charge is -2.17. The summed E-state index contributed by atoms with van der Waals surface area (Å²) in [7, 11) is 0. The zero-order valence-corrected chi connectivity index (χ0v) is 21.8. The van der Waals surface area contributed by atoms with Crippen molar-refractivity contribution in [2.45, 2.75) is 52.4 Å². The Hall–Kier alpha value is -3.30. The van der Waals surface area contributed by atoms with E-state index in [1.807, 2.05) is 0 Å². The lowest BCUT2D eigenvalue weighted by molar-refractivity contribution is 0.834. The summed E-state index contributed by atoms with van der Waals surface area (Å²) >= 11 is 1.69. The van der Waals surface area contributed by atoms with E-state index in [1.165, 1.54) is 27.8 Å². The van der Waals surface area contributed by atoms with Gasteiger partial charge in [0.15, 0.2) is 0 Å². The van der Waals surface area contributed by atoms with Crippen LogP contribution in [0.3, 0.4) is 0 Å². The van der Waals surface area contributed by atoms with Crippen molar-refractivity contribution in [3.63, 3.8) is 0 Å². The Labute approximate surface area is 213 Å². The molecule has 0 saturated carbocycles. The summed E-state index contributed by atoms with van der Waals surface area (Å²) in [6.07, 6.45) is 6.65. The van der Waals surface area contributed by atoms with E-state index in [0.717, 1.165) is 40.5 Å². The maximum absolute atomic E-state index is 5.39. The van der Waals surface area contributed by atoms with E-state index < -0.39 is 0 Å². The van der Waals surface area contributed by atoms with Gasteiger partial charge in [0, 0.05) is 16.5 Å². The number of nitrogens with zero attached hydrogens (tertiary/aromatic N) is 2. The largest absolute Gasteiger partial charge is 0.245 e. The van der Waals surface area contributed by atoms with Crippen LogP contribution in [0.5, 0.6) is 0 Å². The van der Waals surface area contributed by atoms with Crippen LogP contribution in [0, 0.1) is 0 Å². The van der Waals surface area contributed by atoms with Gasteiger partial charge in [-0.25, -0.2) is 9.98 Å². The number of thiazole rings is 1. The van der Waals surface area contributed by atoms with Gasteiger partial charge in [-0.1, -0.05) is 107 Å². The second kappa shape index (κ2) is 10.1. The van der Waals surface area contributed by atoms with Crippen molar-refractivity contribution in [1.82, 2.24) is 4.98 Å². The van der Waals surface area contributed by atoms with Crippen molar-refractivity contribution in [3.8, 4) is 11.3 Å². The van der Waals surface area contributed by atoms with E-state index in [2.05, 4.69) is 112 Å². The zero-order chi connectivity index (χ0) is 24.4. The number of benzene rings is 3. The molecule has 0 atom stereocenters. The number of hydrogen-bond donors (Lipinski definition) is 0. The minimum absolute atomic E-state index is 0.389. The number of aliphatic imine (C=N–C) groups is 1. The summed E-state index contributed by atoms with van der Waals surface area (Å²) in [6, 6.07) is 23.7. The maximum Gasteiger partial charge on any atom is 0.143 e. The maximum atomic E-state index is 5.39. The second-order valence-corrected chi connectivity index (χ2v) is 10.6. The summed E-state index contributed by atoms with van der Waals surface area (Å²) in [5.74, 6) is 0.778. The number of hydrogen-bond acceptors (Lipinski definition) is 3. The van der Waals surface area contributed by atoms with E-state index in [-0.39, 0.29) is 0 Å². The van der Waals surface area contributed by atoms with Gasteiger partial charge in [0.1, 0.15) is 10.7 Å². The molecule has 176 valence electrons. The number of para-hydroxylation sites is 1. The number of aromatic nitrogens is 1. The molecule has 0 amide bonds. The van der Waals surface area contributed by atoms with Crippen LogP contribution >= 0.6 is 11.3 Å². The molecule has 0 bridgehead atoms. The lowest BCUT2D eigenvalue weighted by atomic mass is 9.92. The van der Waals surface area contributed by atoms with Crippen LogP contribution in [0.1, 0.15) is 78.8 Å². The quantitative estimate of drug-likeness (QED) is 0.255. The monoisotopic (exact) mass is 476 g/mol. The molecule has 0 fully saturated rings. The first-order chi connectivity index (χ1) is 17.0. The molecule has 0 spiro atoms. The van der Waals surface area contributed by atoms with Crippen LogP contribution in [-0.2, 0) is 6.42 Å². The molecule has 0 aliphatic heterocycles. The molecule has 1 aliphatic rings. The number of rotatable bonds is 6. The van der Waals surface area contributed by atoms with Crippen LogP contribution in [0.25, 0.3) is 17.3 Å². The Balaban J connectivity index is 1.68. The molecule has 0 N–H and O–H groups in total. The Kier molecular flexibility index (Phi) is 6.79. The molecule has 35 heavy (non-hydrogen) atoms. The molecular weight excluding hydrogens is 444 g/mol. The SMILES string of the molecule is CC(C)c1cccc(C(C)C)c1N=C(c1ccccc1)c1nc(-c2cccc3c2CCC=C3)cs1. The average molecular weight is 477 g/mol. The molecular formula is C32H32N2S. The van der Waals surface area contributed by atoms with E-state index >= 15 is 0 Å². The molecule has 5 rings (SSSR count). The van der Waals surface area contributed by atoms with E-state index in [1.54, 1.807) is 11.3 Å². The molecule has 1 aromatic heterocycles. The standard InChI is InChI=1S/C32H32N2S/c1-21(2)25-17-11-18-26(22(3)4)31(25)34-30(24-13-6-5-7-14-24)32-33-29(20-35-32)28-19-10-15-23-12-8-9-16-27(23)28/h5-8,10-15,17-22H,9,16H2,1-4H3. The van der Waals surface area contributed by atoms with Gasteiger partial charge >= 0.3 is 0 Å². The molecule has 0 saturated heterocycles. The topological polar surface area (TPSA) is 25.2 Å².